The first-order valence-corrected chi connectivity index (χ1v) is 16.4. The maximum absolute atomic E-state index is 14.1. The number of para-hydroxylation sites is 4. The van der Waals surface area contributed by atoms with Crippen molar-refractivity contribution in [3.63, 3.8) is 0 Å². The quantitative estimate of drug-likeness (QED) is 0.278. The SMILES string of the molecule is Cc1cccc(CC(CC(=O)N2CCC(n3c(=O)[nH]c4ccccc43)CC2)C(=O)N2CCC(n3c(=O)[nH]c4ccccc43)CC2)c1. The molecule has 2 amide bonds. The molecule has 2 aromatic heterocycles. The molecule has 1 atom stereocenters. The topological polar surface area (TPSA) is 116 Å². The predicted octanol–water partition coefficient (Wildman–Crippen LogP) is 4.56. The Hall–Kier alpha value is -4.86. The Balaban J connectivity index is 1.03. The largest absolute Gasteiger partial charge is 0.343 e. The molecule has 0 spiro atoms. The molecule has 10 nitrogen and oxygen atoms in total. The summed E-state index contributed by atoms with van der Waals surface area (Å²) in [6.45, 7) is 4.21. The van der Waals surface area contributed by atoms with Crippen molar-refractivity contribution in [1.29, 1.82) is 0 Å². The number of fused-ring (bicyclic) bond motifs is 2. The molecule has 0 aliphatic carbocycles. The minimum Gasteiger partial charge on any atom is -0.343 e. The number of hydrogen-bond donors (Lipinski definition) is 2. The van der Waals surface area contributed by atoms with Crippen molar-refractivity contribution in [3.05, 3.63) is 105 Å². The monoisotopic (exact) mass is 620 g/mol. The molecule has 1 unspecified atom stereocenters. The Labute approximate surface area is 266 Å². The number of nitrogens with zero attached hydrogens (tertiary/aromatic N) is 4. The lowest BCUT2D eigenvalue weighted by Gasteiger charge is -2.36. The third-order valence-corrected chi connectivity index (χ3v) is 9.91. The maximum atomic E-state index is 14.1. The van der Waals surface area contributed by atoms with E-state index < -0.39 is 5.92 Å². The molecular formula is C36H40N6O4. The zero-order chi connectivity index (χ0) is 31.8. The zero-order valence-electron chi connectivity index (χ0n) is 26.2. The van der Waals surface area contributed by atoms with Gasteiger partial charge in [0.1, 0.15) is 0 Å². The fourth-order valence-electron chi connectivity index (χ4n) is 7.56. The average molecular weight is 621 g/mol. The molecule has 0 radical (unpaired) electrons. The summed E-state index contributed by atoms with van der Waals surface area (Å²) in [6.07, 6.45) is 3.37. The molecule has 238 valence electrons. The van der Waals surface area contributed by atoms with Gasteiger partial charge in [0.05, 0.1) is 28.0 Å². The van der Waals surface area contributed by atoms with E-state index >= 15 is 0 Å². The van der Waals surface area contributed by atoms with Crippen molar-refractivity contribution >= 4 is 33.9 Å². The molecule has 3 aromatic carbocycles. The first-order valence-electron chi connectivity index (χ1n) is 16.4. The fourth-order valence-corrected chi connectivity index (χ4v) is 7.56. The van der Waals surface area contributed by atoms with E-state index in [9.17, 15) is 19.2 Å². The highest BCUT2D eigenvalue weighted by molar-refractivity contribution is 5.86. The first-order chi connectivity index (χ1) is 22.4. The van der Waals surface area contributed by atoms with Gasteiger partial charge in [-0.1, -0.05) is 54.1 Å². The maximum Gasteiger partial charge on any atom is 0.326 e. The standard InChI is InChI=1S/C36H40N6O4/c1-24-7-6-8-25(21-24)22-26(34(44)40-19-15-28(16-20-40)42-32-12-5-3-10-30(32)38-36(42)46)23-33(43)39-17-13-27(14-18-39)41-31-11-4-2-9-29(31)37-35(41)45/h2-12,21,26-28H,13-20,22-23H2,1H3,(H,37,45)(H,38,46). The molecule has 2 saturated heterocycles. The van der Waals surface area contributed by atoms with Crippen LogP contribution >= 0.6 is 0 Å². The number of hydrogen-bond acceptors (Lipinski definition) is 4. The molecule has 2 aliphatic rings. The fraction of sp³-hybridized carbons (Fsp3) is 0.389. The van der Waals surface area contributed by atoms with Gasteiger partial charge in [-0.15, -0.1) is 0 Å². The summed E-state index contributed by atoms with van der Waals surface area (Å²) in [5.74, 6) is -0.494. The summed E-state index contributed by atoms with van der Waals surface area (Å²) in [5, 5.41) is 0. The lowest BCUT2D eigenvalue weighted by molar-refractivity contribution is -0.142. The average Bonchev–Trinajstić information content (AvgIpc) is 3.59. The third kappa shape index (κ3) is 5.79. The number of amides is 2. The number of aromatic amines is 2. The normalized spacial score (nSPS) is 17.2. The third-order valence-electron chi connectivity index (χ3n) is 9.91. The number of H-pyrrole nitrogens is 2. The van der Waals surface area contributed by atoms with Gasteiger partial charge in [0.15, 0.2) is 0 Å². The summed E-state index contributed by atoms with van der Waals surface area (Å²) in [5.41, 5.74) is 5.35. The molecule has 2 aliphatic heterocycles. The number of nitrogens with one attached hydrogen (secondary N) is 2. The Kier molecular flexibility index (Phi) is 8.11. The van der Waals surface area contributed by atoms with Gasteiger partial charge in [-0.05, 0) is 68.9 Å². The van der Waals surface area contributed by atoms with Crippen LogP contribution in [0, 0.1) is 12.8 Å². The van der Waals surface area contributed by atoms with E-state index in [2.05, 4.69) is 16.0 Å². The van der Waals surface area contributed by atoms with Crippen LogP contribution in [0.3, 0.4) is 0 Å². The van der Waals surface area contributed by atoms with E-state index in [4.69, 9.17) is 0 Å². The van der Waals surface area contributed by atoms with Crippen LogP contribution in [0.4, 0.5) is 0 Å². The van der Waals surface area contributed by atoms with E-state index in [1.807, 2.05) is 92.6 Å². The van der Waals surface area contributed by atoms with Gasteiger partial charge in [0.25, 0.3) is 0 Å². The predicted molar refractivity (Wildman–Crippen MR) is 178 cm³/mol. The van der Waals surface area contributed by atoms with E-state index in [-0.39, 0.29) is 41.7 Å². The number of benzene rings is 3. The molecule has 46 heavy (non-hydrogen) atoms. The number of aromatic nitrogens is 4. The number of likely N-dealkylation sites (tertiary alicyclic amines) is 2. The van der Waals surface area contributed by atoms with Crippen molar-refractivity contribution in [2.24, 2.45) is 5.92 Å². The lowest BCUT2D eigenvalue weighted by Crippen LogP contribution is -2.46. The Morgan fingerprint density at radius 1 is 0.717 bits per heavy atom. The lowest BCUT2D eigenvalue weighted by atomic mass is 9.91. The van der Waals surface area contributed by atoms with Gasteiger partial charge < -0.3 is 19.8 Å². The summed E-state index contributed by atoms with van der Waals surface area (Å²) >= 11 is 0. The second-order valence-corrected chi connectivity index (χ2v) is 12.9. The summed E-state index contributed by atoms with van der Waals surface area (Å²) in [4.78, 5) is 63.0. The number of imidazole rings is 2. The van der Waals surface area contributed by atoms with Crippen molar-refractivity contribution in [1.82, 2.24) is 28.9 Å². The number of carbonyl (C=O) groups excluding carboxylic acids is 2. The molecule has 0 saturated carbocycles. The van der Waals surface area contributed by atoms with E-state index in [0.717, 1.165) is 33.2 Å². The van der Waals surface area contributed by atoms with Gasteiger partial charge in [-0.2, -0.15) is 0 Å². The van der Waals surface area contributed by atoms with E-state index in [0.29, 0.717) is 58.3 Å². The smallest absolute Gasteiger partial charge is 0.326 e. The van der Waals surface area contributed by atoms with E-state index in [1.54, 1.807) is 0 Å². The summed E-state index contributed by atoms with van der Waals surface area (Å²) in [7, 11) is 0. The van der Waals surface area contributed by atoms with Gasteiger partial charge in [-0.25, -0.2) is 9.59 Å². The number of rotatable bonds is 7. The summed E-state index contributed by atoms with van der Waals surface area (Å²) in [6, 6.07) is 23.6. The zero-order valence-corrected chi connectivity index (χ0v) is 26.2. The van der Waals surface area contributed by atoms with Gasteiger partial charge in [-0.3, -0.25) is 18.7 Å². The molecule has 4 heterocycles. The van der Waals surface area contributed by atoms with Crippen LogP contribution in [0.2, 0.25) is 0 Å². The number of piperidine rings is 2. The molecule has 2 N–H and O–H groups in total. The Morgan fingerprint density at radius 2 is 1.24 bits per heavy atom. The van der Waals surface area contributed by atoms with Crippen LogP contribution in [0.1, 0.15) is 55.3 Å². The molecule has 10 heteroatoms. The second kappa shape index (κ2) is 12.5. The van der Waals surface area contributed by atoms with Crippen LogP contribution in [-0.4, -0.2) is 66.9 Å². The van der Waals surface area contributed by atoms with Crippen molar-refractivity contribution in [2.45, 2.75) is 57.5 Å². The van der Waals surface area contributed by atoms with Crippen LogP contribution in [-0.2, 0) is 16.0 Å². The minimum atomic E-state index is -0.476. The van der Waals surface area contributed by atoms with E-state index in [1.165, 1.54) is 0 Å². The van der Waals surface area contributed by atoms with Crippen LogP contribution in [0.15, 0.2) is 82.4 Å². The highest BCUT2D eigenvalue weighted by atomic mass is 16.2. The second-order valence-electron chi connectivity index (χ2n) is 12.9. The molecule has 5 aromatic rings. The van der Waals surface area contributed by atoms with Crippen LogP contribution in [0.25, 0.3) is 22.1 Å². The van der Waals surface area contributed by atoms with Gasteiger partial charge in [0.2, 0.25) is 11.8 Å². The first kappa shape index (κ1) is 29.8. The van der Waals surface area contributed by atoms with Crippen LogP contribution < -0.4 is 11.4 Å². The van der Waals surface area contributed by atoms with Gasteiger partial charge in [0, 0.05) is 44.7 Å². The molecule has 2 fully saturated rings. The van der Waals surface area contributed by atoms with Crippen molar-refractivity contribution in [3.8, 4) is 0 Å². The van der Waals surface area contributed by atoms with Crippen molar-refractivity contribution < 1.29 is 9.59 Å². The Morgan fingerprint density at radius 3 is 1.78 bits per heavy atom. The number of aryl methyl sites for hydroxylation is 1. The Bertz CT molecular complexity index is 2000. The van der Waals surface area contributed by atoms with Crippen LogP contribution in [0.5, 0.6) is 0 Å². The number of carbonyl (C=O) groups is 2. The minimum absolute atomic E-state index is 0.000175. The molecular weight excluding hydrogens is 580 g/mol. The molecule has 0 bridgehead atoms. The summed E-state index contributed by atoms with van der Waals surface area (Å²) < 4.78 is 3.66. The van der Waals surface area contributed by atoms with Gasteiger partial charge >= 0.3 is 11.4 Å². The molecule has 7 rings (SSSR count). The van der Waals surface area contributed by atoms with Crippen molar-refractivity contribution in [2.75, 3.05) is 26.2 Å². The highest BCUT2D eigenvalue weighted by Gasteiger charge is 2.34. The highest BCUT2D eigenvalue weighted by Crippen LogP contribution is 2.29.